The molecule has 1 aromatic carbocycles. The molecule has 1 aliphatic rings. The molecule has 0 amide bonds. The Hall–Kier alpha value is -0.610. The second-order valence-corrected chi connectivity index (χ2v) is 7.30. The first-order chi connectivity index (χ1) is 9.81. The molecular formula is C12H14BrF2NO4S. The first-order valence-corrected chi connectivity index (χ1v) is 8.24. The van der Waals surface area contributed by atoms with Crippen molar-refractivity contribution in [3.05, 3.63) is 28.2 Å². The van der Waals surface area contributed by atoms with Gasteiger partial charge in [0.2, 0.25) is 10.0 Å². The summed E-state index contributed by atoms with van der Waals surface area (Å²) in [7, 11) is -1.23. The van der Waals surface area contributed by atoms with Gasteiger partial charge in [-0.25, -0.2) is 17.2 Å². The van der Waals surface area contributed by atoms with Crippen molar-refractivity contribution in [1.29, 1.82) is 0 Å². The molecule has 2 unspecified atom stereocenters. The summed E-state index contributed by atoms with van der Waals surface area (Å²) in [5.41, 5.74) is 0. The molecule has 1 saturated heterocycles. The highest BCUT2D eigenvalue weighted by atomic mass is 79.9. The predicted molar refractivity (Wildman–Crippen MR) is 74.4 cm³/mol. The van der Waals surface area contributed by atoms with Crippen molar-refractivity contribution in [2.24, 2.45) is 0 Å². The summed E-state index contributed by atoms with van der Waals surface area (Å²) in [5.74, 6) is -2.00. The lowest BCUT2D eigenvalue weighted by Gasteiger charge is -2.17. The van der Waals surface area contributed by atoms with Gasteiger partial charge in [0, 0.05) is 37.8 Å². The van der Waals surface area contributed by atoms with Crippen LogP contribution in [-0.2, 0) is 19.5 Å². The minimum atomic E-state index is -4.12. The maximum atomic E-state index is 13.9. The Morgan fingerprint density at radius 3 is 2.14 bits per heavy atom. The fourth-order valence-electron chi connectivity index (χ4n) is 2.26. The highest BCUT2D eigenvalue weighted by molar-refractivity contribution is 9.10. The number of benzene rings is 1. The van der Waals surface area contributed by atoms with Crippen LogP contribution in [0.5, 0.6) is 0 Å². The molecule has 1 aromatic rings. The molecule has 1 heterocycles. The zero-order valence-electron chi connectivity index (χ0n) is 11.3. The van der Waals surface area contributed by atoms with E-state index in [1.807, 2.05) is 0 Å². The van der Waals surface area contributed by atoms with Gasteiger partial charge < -0.3 is 9.47 Å². The van der Waals surface area contributed by atoms with E-state index in [0.717, 1.165) is 10.4 Å². The van der Waals surface area contributed by atoms with Crippen molar-refractivity contribution in [3.8, 4) is 0 Å². The number of rotatable bonds is 4. The maximum Gasteiger partial charge on any atom is 0.247 e. The summed E-state index contributed by atoms with van der Waals surface area (Å²) in [6.45, 7) is 0.0845. The number of sulfonamides is 1. The minimum Gasteiger partial charge on any atom is -0.377 e. The smallest absolute Gasteiger partial charge is 0.247 e. The number of ether oxygens (including phenoxy) is 2. The molecule has 0 aromatic heterocycles. The molecule has 21 heavy (non-hydrogen) atoms. The van der Waals surface area contributed by atoms with Crippen LogP contribution in [0, 0.1) is 11.6 Å². The van der Waals surface area contributed by atoms with Crippen LogP contribution in [0.1, 0.15) is 0 Å². The molecular weight excluding hydrogens is 372 g/mol. The number of hydrogen-bond acceptors (Lipinski definition) is 4. The number of hydrogen-bond donors (Lipinski definition) is 0. The van der Waals surface area contributed by atoms with Crippen LogP contribution >= 0.6 is 15.9 Å². The van der Waals surface area contributed by atoms with Crippen LogP contribution in [0.2, 0.25) is 0 Å². The molecule has 9 heteroatoms. The van der Waals surface area contributed by atoms with Crippen LogP contribution in [0.4, 0.5) is 8.78 Å². The molecule has 0 N–H and O–H groups in total. The molecule has 0 aliphatic carbocycles. The second-order valence-electron chi connectivity index (χ2n) is 4.57. The Labute approximate surface area is 130 Å². The molecule has 1 fully saturated rings. The van der Waals surface area contributed by atoms with E-state index in [1.54, 1.807) is 0 Å². The van der Waals surface area contributed by atoms with E-state index in [-0.39, 0.29) is 17.6 Å². The summed E-state index contributed by atoms with van der Waals surface area (Å²) in [5, 5.41) is 0. The van der Waals surface area contributed by atoms with E-state index in [9.17, 15) is 17.2 Å². The molecule has 5 nitrogen and oxygen atoms in total. The zero-order chi connectivity index (χ0) is 15.8. The van der Waals surface area contributed by atoms with Gasteiger partial charge in [-0.2, -0.15) is 4.31 Å². The molecule has 0 bridgehead atoms. The Balaban J connectivity index is 2.40. The monoisotopic (exact) mass is 385 g/mol. The van der Waals surface area contributed by atoms with Crippen LogP contribution in [-0.4, -0.2) is 52.2 Å². The highest BCUT2D eigenvalue weighted by Gasteiger charge is 2.41. The quantitative estimate of drug-likeness (QED) is 0.792. The van der Waals surface area contributed by atoms with Gasteiger partial charge in [0.1, 0.15) is 16.5 Å². The van der Waals surface area contributed by atoms with Gasteiger partial charge in [0.05, 0.1) is 12.2 Å². The first-order valence-electron chi connectivity index (χ1n) is 6.01. The van der Waals surface area contributed by atoms with Crippen molar-refractivity contribution in [2.75, 3.05) is 27.3 Å². The van der Waals surface area contributed by atoms with Crippen molar-refractivity contribution in [1.82, 2.24) is 4.31 Å². The fraction of sp³-hybridized carbons (Fsp3) is 0.500. The summed E-state index contributed by atoms with van der Waals surface area (Å²) in [4.78, 5) is -0.587. The van der Waals surface area contributed by atoms with Crippen molar-refractivity contribution >= 4 is 26.0 Å². The zero-order valence-corrected chi connectivity index (χ0v) is 13.7. The number of nitrogens with zero attached hydrogens (tertiary/aromatic N) is 1. The van der Waals surface area contributed by atoms with E-state index in [2.05, 4.69) is 15.9 Å². The molecule has 2 rings (SSSR count). The normalized spacial score (nSPS) is 23.7. The number of halogens is 3. The molecule has 0 radical (unpaired) electrons. The second kappa shape index (κ2) is 6.25. The first kappa shape index (κ1) is 16.8. The summed E-state index contributed by atoms with van der Waals surface area (Å²) in [6, 6.07) is 1.45. The van der Waals surface area contributed by atoms with Crippen molar-refractivity contribution in [2.45, 2.75) is 17.1 Å². The molecule has 0 saturated carbocycles. The predicted octanol–water partition coefficient (Wildman–Crippen LogP) is 1.76. The molecule has 118 valence electrons. The topological polar surface area (TPSA) is 55.8 Å². The van der Waals surface area contributed by atoms with Gasteiger partial charge >= 0.3 is 0 Å². The standard InChI is InChI=1S/C12H14BrF2NO4S/c1-19-10-5-16(6-11(10)20-2)21(17,18)12-8(13)3-7(14)4-9(12)15/h3-4,10-11H,5-6H2,1-2H3. The summed E-state index contributed by atoms with van der Waals surface area (Å²) < 4.78 is 63.3. The summed E-state index contributed by atoms with van der Waals surface area (Å²) >= 11 is 2.90. The third-order valence-electron chi connectivity index (χ3n) is 3.35. The average molecular weight is 386 g/mol. The van der Waals surface area contributed by atoms with E-state index in [0.29, 0.717) is 6.07 Å². The van der Waals surface area contributed by atoms with E-state index < -0.39 is 38.8 Å². The maximum absolute atomic E-state index is 13.9. The average Bonchev–Trinajstić information content (AvgIpc) is 2.80. The van der Waals surface area contributed by atoms with Crippen LogP contribution in [0.3, 0.4) is 0 Å². The van der Waals surface area contributed by atoms with Crippen molar-refractivity contribution < 1.29 is 26.7 Å². The van der Waals surface area contributed by atoms with E-state index in [1.165, 1.54) is 14.2 Å². The molecule has 0 spiro atoms. The fourth-order valence-corrected chi connectivity index (χ4v) is 4.84. The van der Waals surface area contributed by atoms with Gasteiger partial charge in [0.15, 0.2) is 0 Å². The SMILES string of the molecule is COC1CN(S(=O)(=O)c2c(F)cc(F)cc2Br)CC1OC. The Kier molecular flexibility index (Phi) is 4.99. The van der Waals surface area contributed by atoms with Gasteiger partial charge in [-0.15, -0.1) is 0 Å². The van der Waals surface area contributed by atoms with Gasteiger partial charge in [-0.3, -0.25) is 0 Å². The van der Waals surface area contributed by atoms with Crippen LogP contribution < -0.4 is 0 Å². The van der Waals surface area contributed by atoms with Gasteiger partial charge in [-0.1, -0.05) is 0 Å². The highest BCUT2D eigenvalue weighted by Crippen LogP contribution is 2.31. The van der Waals surface area contributed by atoms with E-state index >= 15 is 0 Å². The third kappa shape index (κ3) is 3.11. The lowest BCUT2D eigenvalue weighted by molar-refractivity contribution is -0.00461. The largest absolute Gasteiger partial charge is 0.377 e. The summed E-state index contributed by atoms with van der Waals surface area (Å²) in [6.07, 6.45) is -0.876. The Morgan fingerprint density at radius 1 is 1.19 bits per heavy atom. The van der Waals surface area contributed by atoms with Crippen LogP contribution in [0.15, 0.2) is 21.5 Å². The van der Waals surface area contributed by atoms with Gasteiger partial charge in [-0.05, 0) is 22.0 Å². The third-order valence-corrected chi connectivity index (χ3v) is 6.14. The molecule has 1 aliphatic heterocycles. The van der Waals surface area contributed by atoms with Crippen LogP contribution in [0.25, 0.3) is 0 Å². The minimum absolute atomic E-state index is 0.0423. The lowest BCUT2D eigenvalue weighted by atomic mass is 10.3. The van der Waals surface area contributed by atoms with Gasteiger partial charge in [0.25, 0.3) is 0 Å². The number of methoxy groups -OCH3 is 2. The Bertz CT molecular complexity index is 605. The van der Waals surface area contributed by atoms with E-state index in [4.69, 9.17) is 9.47 Å². The Morgan fingerprint density at radius 2 is 1.71 bits per heavy atom. The van der Waals surface area contributed by atoms with Crippen molar-refractivity contribution in [3.63, 3.8) is 0 Å². The lowest BCUT2D eigenvalue weighted by Crippen LogP contribution is -2.31. The molecule has 2 atom stereocenters.